The summed E-state index contributed by atoms with van der Waals surface area (Å²) in [5.74, 6) is 0. The van der Waals surface area contributed by atoms with Crippen LogP contribution in [0.25, 0.3) is 6.08 Å². The lowest BCUT2D eigenvalue weighted by Crippen LogP contribution is -1.79. The maximum absolute atomic E-state index is 3.95. The van der Waals surface area contributed by atoms with E-state index in [9.17, 15) is 0 Å². The molecule has 0 saturated carbocycles. The zero-order valence-corrected chi connectivity index (χ0v) is 9.74. The Morgan fingerprint density at radius 3 is 2.73 bits per heavy atom. The molecule has 2 aromatic rings. The first kappa shape index (κ1) is 10.2. The number of hydrogen-bond acceptors (Lipinski definition) is 1. The fourth-order valence-corrected chi connectivity index (χ4v) is 1.56. The number of benzene rings is 1. The van der Waals surface area contributed by atoms with Crippen LogP contribution >= 0.6 is 15.9 Å². The minimum Gasteiger partial charge on any atom is -0.345 e. The molecule has 0 atom stereocenters. The highest BCUT2D eigenvalue weighted by Crippen LogP contribution is 2.11. The Labute approximate surface area is 97.2 Å². The molecule has 0 aliphatic carbocycles. The summed E-state index contributed by atoms with van der Waals surface area (Å²) in [6.07, 6.45) is 8.58. The number of imidazole rings is 1. The van der Waals surface area contributed by atoms with Crippen molar-refractivity contribution >= 4 is 22.0 Å². The molecule has 0 amide bonds. The summed E-state index contributed by atoms with van der Waals surface area (Å²) in [4.78, 5) is 6.97. The third-order valence-corrected chi connectivity index (χ3v) is 2.61. The number of rotatable bonds is 3. The van der Waals surface area contributed by atoms with Gasteiger partial charge in [0, 0.05) is 4.47 Å². The van der Waals surface area contributed by atoms with Crippen LogP contribution in [-0.2, 0) is 6.42 Å². The van der Waals surface area contributed by atoms with Gasteiger partial charge in [-0.25, -0.2) is 4.98 Å². The van der Waals surface area contributed by atoms with Crippen molar-refractivity contribution in [3.8, 4) is 0 Å². The molecule has 0 unspecified atom stereocenters. The average molecular weight is 263 g/mol. The van der Waals surface area contributed by atoms with Gasteiger partial charge in [-0.3, -0.25) is 0 Å². The van der Waals surface area contributed by atoms with Crippen LogP contribution in [-0.4, -0.2) is 9.97 Å². The van der Waals surface area contributed by atoms with Crippen LogP contribution < -0.4 is 0 Å². The molecule has 1 N–H and O–H groups in total. The second-order valence-corrected chi connectivity index (χ2v) is 4.16. The third kappa shape index (κ3) is 3.06. The fraction of sp³-hybridized carbons (Fsp3) is 0.0833. The van der Waals surface area contributed by atoms with Crippen molar-refractivity contribution in [1.82, 2.24) is 9.97 Å². The first-order chi connectivity index (χ1) is 7.34. The lowest BCUT2D eigenvalue weighted by atomic mass is 10.1. The van der Waals surface area contributed by atoms with Crippen molar-refractivity contribution in [2.45, 2.75) is 6.42 Å². The van der Waals surface area contributed by atoms with Gasteiger partial charge >= 0.3 is 0 Å². The zero-order chi connectivity index (χ0) is 10.5. The van der Waals surface area contributed by atoms with Gasteiger partial charge in [0.2, 0.25) is 0 Å². The highest BCUT2D eigenvalue weighted by Gasteiger charge is 1.90. The highest BCUT2D eigenvalue weighted by atomic mass is 79.9. The standard InChI is InChI=1S/C12H11BrN2/c13-11-6-4-10(5-7-11)2-1-3-12-8-14-9-15-12/h1,3-9H,2H2,(H,14,15)/b3-1+. The average Bonchev–Trinajstić information content (AvgIpc) is 2.74. The summed E-state index contributed by atoms with van der Waals surface area (Å²) in [5, 5.41) is 0. The maximum Gasteiger partial charge on any atom is 0.0924 e. The molecule has 76 valence electrons. The van der Waals surface area contributed by atoms with Gasteiger partial charge in [-0.1, -0.05) is 34.1 Å². The SMILES string of the molecule is Brc1ccc(C/C=C/c2cnc[nH]2)cc1. The second kappa shape index (κ2) is 4.94. The number of nitrogens with one attached hydrogen (secondary N) is 1. The van der Waals surface area contributed by atoms with E-state index in [4.69, 9.17) is 0 Å². The lowest BCUT2D eigenvalue weighted by molar-refractivity contribution is 1.27. The van der Waals surface area contributed by atoms with Gasteiger partial charge in [-0.05, 0) is 30.2 Å². The molecule has 15 heavy (non-hydrogen) atoms. The quantitative estimate of drug-likeness (QED) is 0.902. The highest BCUT2D eigenvalue weighted by molar-refractivity contribution is 9.10. The van der Waals surface area contributed by atoms with Crippen LogP contribution in [0.4, 0.5) is 0 Å². The van der Waals surface area contributed by atoms with Gasteiger partial charge in [-0.15, -0.1) is 0 Å². The van der Waals surface area contributed by atoms with E-state index in [0.717, 1.165) is 16.6 Å². The molecule has 0 fully saturated rings. The monoisotopic (exact) mass is 262 g/mol. The Bertz CT molecular complexity index is 429. The number of H-pyrrole nitrogens is 1. The summed E-state index contributed by atoms with van der Waals surface area (Å²) in [6.45, 7) is 0. The minimum atomic E-state index is 0.937. The molecule has 0 bridgehead atoms. The maximum atomic E-state index is 3.95. The van der Waals surface area contributed by atoms with E-state index in [0.29, 0.717) is 0 Å². The molecule has 1 heterocycles. The number of hydrogen-bond donors (Lipinski definition) is 1. The Balaban J connectivity index is 1.96. The van der Waals surface area contributed by atoms with Gasteiger partial charge < -0.3 is 4.98 Å². The molecular weight excluding hydrogens is 252 g/mol. The molecule has 1 aromatic carbocycles. The van der Waals surface area contributed by atoms with Crippen molar-refractivity contribution in [2.24, 2.45) is 0 Å². The van der Waals surface area contributed by atoms with E-state index < -0.39 is 0 Å². The first-order valence-electron chi connectivity index (χ1n) is 4.74. The molecule has 0 aliphatic rings. The van der Waals surface area contributed by atoms with Gasteiger partial charge in [0.05, 0.1) is 18.2 Å². The van der Waals surface area contributed by atoms with E-state index in [1.54, 1.807) is 12.5 Å². The van der Waals surface area contributed by atoms with Crippen LogP contribution in [0.1, 0.15) is 11.3 Å². The number of aromatic amines is 1. The van der Waals surface area contributed by atoms with E-state index >= 15 is 0 Å². The fourth-order valence-electron chi connectivity index (χ4n) is 1.30. The van der Waals surface area contributed by atoms with Gasteiger partial charge in [0.1, 0.15) is 0 Å². The van der Waals surface area contributed by atoms with E-state index in [2.05, 4.69) is 56.2 Å². The Morgan fingerprint density at radius 2 is 2.07 bits per heavy atom. The van der Waals surface area contributed by atoms with Crippen molar-refractivity contribution in [1.29, 1.82) is 0 Å². The predicted molar refractivity (Wildman–Crippen MR) is 65.5 cm³/mol. The van der Waals surface area contributed by atoms with E-state index in [1.807, 2.05) is 6.08 Å². The van der Waals surface area contributed by atoms with Crippen LogP contribution in [0, 0.1) is 0 Å². The van der Waals surface area contributed by atoms with Crippen molar-refractivity contribution in [2.75, 3.05) is 0 Å². The van der Waals surface area contributed by atoms with Gasteiger partial charge in [0.15, 0.2) is 0 Å². The lowest BCUT2D eigenvalue weighted by Gasteiger charge is -1.95. The molecule has 2 rings (SSSR count). The normalized spacial score (nSPS) is 11.0. The minimum absolute atomic E-state index is 0.937. The molecule has 1 aromatic heterocycles. The zero-order valence-electron chi connectivity index (χ0n) is 8.15. The van der Waals surface area contributed by atoms with Crippen LogP contribution in [0.3, 0.4) is 0 Å². The molecule has 2 nitrogen and oxygen atoms in total. The van der Waals surface area contributed by atoms with Gasteiger partial charge in [-0.2, -0.15) is 0 Å². The number of nitrogens with zero attached hydrogens (tertiary/aromatic N) is 1. The second-order valence-electron chi connectivity index (χ2n) is 3.24. The number of aromatic nitrogens is 2. The molecule has 0 aliphatic heterocycles. The number of halogens is 1. The largest absolute Gasteiger partial charge is 0.345 e. The van der Waals surface area contributed by atoms with E-state index in [-0.39, 0.29) is 0 Å². The van der Waals surface area contributed by atoms with Gasteiger partial charge in [0.25, 0.3) is 0 Å². The molecule has 0 radical (unpaired) electrons. The molecular formula is C12H11BrN2. The Morgan fingerprint density at radius 1 is 1.27 bits per heavy atom. The summed E-state index contributed by atoms with van der Waals surface area (Å²) < 4.78 is 1.11. The predicted octanol–water partition coefficient (Wildman–Crippen LogP) is 3.43. The Kier molecular flexibility index (Phi) is 3.35. The topological polar surface area (TPSA) is 28.7 Å². The Hall–Kier alpha value is -1.35. The van der Waals surface area contributed by atoms with Crippen molar-refractivity contribution in [3.63, 3.8) is 0 Å². The van der Waals surface area contributed by atoms with Crippen LogP contribution in [0.5, 0.6) is 0 Å². The molecule has 0 saturated heterocycles. The summed E-state index contributed by atoms with van der Waals surface area (Å²) in [6, 6.07) is 8.33. The molecule has 0 spiro atoms. The summed E-state index contributed by atoms with van der Waals surface area (Å²) in [7, 11) is 0. The smallest absolute Gasteiger partial charge is 0.0924 e. The number of allylic oxidation sites excluding steroid dienone is 1. The van der Waals surface area contributed by atoms with Crippen LogP contribution in [0.2, 0.25) is 0 Å². The molecule has 3 heteroatoms. The first-order valence-corrected chi connectivity index (χ1v) is 5.53. The van der Waals surface area contributed by atoms with Crippen molar-refractivity contribution < 1.29 is 0 Å². The van der Waals surface area contributed by atoms with Crippen LogP contribution in [0.15, 0.2) is 47.3 Å². The van der Waals surface area contributed by atoms with Crippen molar-refractivity contribution in [3.05, 3.63) is 58.6 Å². The third-order valence-electron chi connectivity index (χ3n) is 2.08. The summed E-state index contributed by atoms with van der Waals surface area (Å²) in [5.41, 5.74) is 2.33. The summed E-state index contributed by atoms with van der Waals surface area (Å²) >= 11 is 3.41. The van der Waals surface area contributed by atoms with E-state index in [1.165, 1.54) is 5.56 Å².